The van der Waals surface area contributed by atoms with Crippen molar-refractivity contribution >= 4 is 0 Å². The van der Waals surface area contributed by atoms with Crippen molar-refractivity contribution in [2.75, 3.05) is 0 Å². The lowest BCUT2D eigenvalue weighted by Crippen LogP contribution is -2.08. The highest BCUT2D eigenvalue weighted by Crippen LogP contribution is 2.14. The van der Waals surface area contributed by atoms with Crippen LogP contribution in [0.25, 0.3) is 11.6 Å². The van der Waals surface area contributed by atoms with Gasteiger partial charge in [0.15, 0.2) is 11.6 Å². The Balaban J connectivity index is 2.53. The summed E-state index contributed by atoms with van der Waals surface area (Å²) in [6.07, 6.45) is 3.35. The largest absolute Gasteiger partial charge is 0.326 e. The number of hydrogen-bond donors (Lipinski definition) is 1. The second kappa shape index (κ2) is 4.32. The van der Waals surface area contributed by atoms with Crippen LogP contribution in [0.5, 0.6) is 0 Å². The molecule has 0 aliphatic carbocycles. The van der Waals surface area contributed by atoms with Crippen LogP contribution >= 0.6 is 0 Å². The zero-order valence-corrected chi connectivity index (χ0v) is 9.31. The predicted octanol–water partition coefficient (Wildman–Crippen LogP) is 1.01. The molecule has 2 heterocycles. The van der Waals surface area contributed by atoms with Crippen LogP contribution in [0.4, 0.5) is 0 Å². The quantitative estimate of drug-likeness (QED) is 0.808. The van der Waals surface area contributed by atoms with Crippen molar-refractivity contribution in [3.8, 4) is 11.6 Å². The molecule has 0 fully saturated rings. The summed E-state index contributed by atoms with van der Waals surface area (Å²) in [7, 11) is 0. The highest BCUT2D eigenvalue weighted by molar-refractivity contribution is 5.44. The molecule has 0 atom stereocenters. The molecule has 0 saturated heterocycles. The highest BCUT2D eigenvalue weighted by Gasteiger charge is 2.09. The van der Waals surface area contributed by atoms with Crippen molar-refractivity contribution in [2.45, 2.75) is 20.4 Å². The molecule has 2 N–H and O–H groups in total. The molecule has 82 valence electrons. The van der Waals surface area contributed by atoms with Crippen LogP contribution in [0.1, 0.15) is 17.0 Å². The van der Waals surface area contributed by atoms with Crippen molar-refractivity contribution in [2.24, 2.45) is 5.73 Å². The van der Waals surface area contributed by atoms with E-state index < -0.39 is 0 Å². The first-order chi connectivity index (χ1) is 7.72. The summed E-state index contributed by atoms with van der Waals surface area (Å²) in [4.78, 5) is 17.0. The first-order valence-electron chi connectivity index (χ1n) is 5.04. The molecule has 5 nitrogen and oxygen atoms in total. The average Bonchev–Trinajstić information content (AvgIpc) is 2.30. The summed E-state index contributed by atoms with van der Waals surface area (Å²) in [6.45, 7) is 4.29. The van der Waals surface area contributed by atoms with Gasteiger partial charge in [-0.05, 0) is 19.9 Å². The molecule has 2 aromatic heterocycles. The van der Waals surface area contributed by atoms with E-state index in [1.165, 1.54) is 0 Å². The van der Waals surface area contributed by atoms with Crippen LogP contribution in [0.3, 0.4) is 0 Å². The van der Waals surface area contributed by atoms with Crippen molar-refractivity contribution in [3.63, 3.8) is 0 Å². The number of nitrogens with two attached hydrogens (primary N) is 1. The Hall–Kier alpha value is -1.88. The van der Waals surface area contributed by atoms with Gasteiger partial charge in [-0.3, -0.25) is 0 Å². The normalized spacial score (nSPS) is 10.4. The SMILES string of the molecule is Cc1nc(-c2ncccn2)nc(C)c1CN. The topological polar surface area (TPSA) is 77.6 Å². The Morgan fingerprint density at radius 3 is 2.06 bits per heavy atom. The molecule has 0 amide bonds. The van der Waals surface area contributed by atoms with Gasteiger partial charge in [0.25, 0.3) is 0 Å². The van der Waals surface area contributed by atoms with Crippen LogP contribution in [0.15, 0.2) is 18.5 Å². The molecule has 2 rings (SSSR count). The minimum absolute atomic E-state index is 0.452. The Labute approximate surface area is 93.8 Å². The first kappa shape index (κ1) is 10.6. The van der Waals surface area contributed by atoms with Gasteiger partial charge in [0.2, 0.25) is 0 Å². The minimum Gasteiger partial charge on any atom is -0.326 e. The molecular formula is C11H13N5. The Morgan fingerprint density at radius 2 is 1.56 bits per heavy atom. The number of aryl methyl sites for hydroxylation is 2. The molecule has 0 aliphatic heterocycles. The van der Waals surface area contributed by atoms with Gasteiger partial charge in [-0.25, -0.2) is 19.9 Å². The Kier molecular flexibility index (Phi) is 2.87. The van der Waals surface area contributed by atoms with Crippen molar-refractivity contribution < 1.29 is 0 Å². The van der Waals surface area contributed by atoms with E-state index in [9.17, 15) is 0 Å². The van der Waals surface area contributed by atoms with Gasteiger partial charge in [-0.1, -0.05) is 0 Å². The molecule has 0 aromatic carbocycles. The second-order valence-electron chi connectivity index (χ2n) is 3.47. The Morgan fingerprint density at radius 1 is 1.00 bits per heavy atom. The lowest BCUT2D eigenvalue weighted by molar-refractivity contribution is 0.927. The first-order valence-corrected chi connectivity index (χ1v) is 5.04. The fourth-order valence-electron chi connectivity index (χ4n) is 1.55. The smallest absolute Gasteiger partial charge is 0.198 e. The van der Waals surface area contributed by atoms with E-state index in [1.807, 2.05) is 13.8 Å². The summed E-state index contributed by atoms with van der Waals surface area (Å²) >= 11 is 0. The van der Waals surface area contributed by atoms with Gasteiger partial charge in [-0.15, -0.1) is 0 Å². The zero-order valence-electron chi connectivity index (χ0n) is 9.31. The van der Waals surface area contributed by atoms with Crippen LogP contribution < -0.4 is 5.73 Å². The Bertz CT molecular complexity index is 472. The molecule has 0 aliphatic rings. The van der Waals surface area contributed by atoms with Crippen LogP contribution in [-0.4, -0.2) is 19.9 Å². The molecule has 0 spiro atoms. The van der Waals surface area contributed by atoms with E-state index >= 15 is 0 Å². The summed E-state index contributed by atoms with van der Waals surface area (Å²) in [5, 5.41) is 0. The fraction of sp³-hybridized carbons (Fsp3) is 0.273. The van der Waals surface area contributed by atoms with Gasteiger partial charge in [0.05, 0.1) is 0 Å². The number of hydrogen-bond acceptors (Lipinski definition) is 5. The van der Waals surface area contributed by atoms with Crippen molar-refractivity contribution in [1.29, 1.82) is 0 Å². The van der Waals surface area contributed by atoms with Gasteiger partial charge in [-0.2, -0.15) is 0 Å². The van der Waals surface area contributed by atoms with E-state index in [4.69, 9.17) is 5.73 Å². The lowest BCUT2D eigenvalue weighted by atomic mass is 10.2. The third-order valence-electron chi connectivity index (χ3n) is 2.39. The second-order valence-corrected chi connectivity index (χ2v) is 3.47. The fourth-order valence-corrected chi connectivity index (χ4v) is 1.55. The van der Waals surface area contributed by atoms with E-state index in [1.54, 1.807) is 18.5 Å². The van der Waals surface area contributed by atoms with E-state index in [-0.39, 0.29) is 0 Å². The molecule has 0 saturated carbocycles. The summed E-state index contributed by atoms with van der Waals surface area (Å²) < 4.78 is 0. The average molecular weight is 215 g/mol. The summed E-state index contributed by atoms with van der Waals surface area (Å²) in [6, 6.07) is 1.76. The molecule has 0 bridgehead atoms. The molecular weight excluding hydrogens is 202 g/mol. The summed E-state index contributed by atoms with van der Waals surface area (Å²) in [5.41, 5.74) is 8.39. The van der Waals surface area contributed by atoms with E-state index in [0.717, 1.165) is 17.0 Å². The summed E-state index contributed by atoms with van der Waals surface area (Å²) in [5.74, 6) is 1.09. The van der Waals surface area contributed by atoms with Gasteiger partial charge in [0.1, 0.15) is 0 Å². The predicted molar refractivity (Wildman–Crippen MR) is 60.4 cm³/mol. The third kappa shape index (κ3) is 1.90. The number of rotatable bonds is 2. The standard InChI is InChI=1S/C11H13N5/c1-7-9(6-12)8(2)16-11(15-7)10-13-4-3-5-14-10/h3-5H,6,12H2,1-2H3. The van der Waals surface area contributed by atoms with Crippen molar-refractivity contribution in [3.05, 3.63) is 35.4 Å². The number of aromatic nitrogens is 4. The molecule has 2 aromatic rings. The van der Waals surface area contributed by atoms with Crippen molar-refractivity contribution in [1.82, 2.24) is 19.9 Å². The molecule has 5 heteroatoms. The number of nitrogens with zero attached hydrogens (tertiary/aromatic N) is 4. The van der Waals surface area contributed by atoms with Gasteiger partial charge >= 0.3 is 0 Å². The molecule has 0 unspecified atom stereocenters. The van der Waals surface area contributed by atoms with E-state index in [0.29, 0.717) is 18.2 Å². The monoisotopic (exact) mass is 215 g/mol. The van der Waals surface area contributed by atoms with Crippen LogP contribution in [-0.2, 0) is 6.54 Å². The third-order valence-corrected chi connectivity index (χ3v) is 2.39. The van der Waals surface area contributed by atoms with Gasteiger partial charge in [0, 0.05) is 35.9 Å². The zero-order chi connectivity index (χ0) is 11.5. The maximum Gasteiger partial charge on any atom is 0.198 e. The molecule has 0 radical (unpaired) electrons. The van der Waals surface area contributed by atoms with E-state index in [2.05, 4.69) is 19.9 Å². The minimum atomic E-state index is 0.452. The lowest BCUT2D eigenvalue weighted by Gasteiger charge is -2.07. The highest BCUT2D eigenvalue weighted by atomic mass is 15.0. The van der Waals surface area contributed by atoms with Crippen LogP contribution in [0, 0.1) is 13.8 Å². The maximum atomic E-state index is 5.63. The maximum absolute atomic E-state index is 5.63. The molecule has 16 heavy (non-hydrogen) atoms. The van der Waals surface area contributed by atoms with Gasteiger partial charge < -0.3 is 5.73 Å². The van der Waals surface area contributed by atoms with Crippen LogP contribution in [0.2, 0.25) is 0 Å².